The van der Waals surface area contributed by atoms with Crippen LogP contribution in [0.5, 0.6) is 0 Å². The first-order valence-corrected chi connectivity index (χ1v) is 11.3. The topological polar surface area (TPSA) is 78.6 Å². The van der Waals surface area contributed by atoms with Gasteiger partial charge in [-0.25, -0.2) is 0 Å². The molecule has 0 bridgehead atoms. The predicted octanol–water partition coefficient (Wildman–Crippen LogP) is 3.78. The minimum Gasteiger partial charge on any atom is -0.354 e. The fourth-order valence-corrected chi connectivity index (χ4v) is 4.25. The second-order valence-electron chi connectivity index (χ2n) is 7.27. The molecule has 0 amide bonds. The molecular weight excluding hydrogens is 420 g/mol. The molecule has 3 aromatic rings. The zero-order valence-corrected chi connectivity index (χ0v) is 18.4. The van der Waals surface area contributed by atoms with Crippen LogP contribution in [0.1, 0.15) is 24.3 Å². The Bertz CT molecular complexity index is 948. The summed E-state index contributed by atoms with van der Waals surface area (Å²) in [6, 6.07) is 9.97. The van der Waals surface area contributed by atoms with Gasteiger partial charge in [-0.1, -0.05) is 16.8 Å². The molecule has 0 spiro atoms. The highest BCUT2D eigenvalue weighted by atomic mass is 35.5. The summed E-state index contributed by atoms with van der Waals surface area (Å²) in [5.41, 5.74) is 2.27. The first-order chi connectivity index (χ1) is 14.7. The minimum atomic E-state index is 0.405. The Kier molecular flexibility index (Phi) is 6.99. The van der Waals surface area contributed by atoms with Crippen LogP contribution in [-0.2, 0) is 13.1 Å². The fourth-order valence-electron chi connectivity index (χ4n) is 3.47. The first kappa shape index (κ1) is 20.8. The van der Waals surface area contributed by atoms with Crippen LogP contribution in [0.15, 0.2) is 50.6 Å². The lowest BCUT2D eigenvalue weighted by molar-refractivity contribution is 0.198. The molecule has 2 aromatic heterocycles. The van der Waals surface area contributed by atoms with E-state index in [4.69, 9.17) is 16.1 Å². The van der Waals surface area contributed by atoms with Crippen molar-refractivity contribution in [1.82, 2.24) is 25.7 Å². The summed E-state index contributed by atoms with van der Waals surface area (Å²) in [6.45, 7) is 3.62. The molecule has 1 aliphatic rings. The second-order valence-corrected chi connectivity index (χ2v) is 8.49. The van der Waals surface area contributed by atoms with Gasteiger partial charge in [0.25, 0.3) is 0 Å². The van der Waals surface area contributed by atoms with Crippen molar-refractivity contribution < 1.29 is 4.52 Å². The maximum Gasteiger partial charge on any atom is 0.246 e. The molecule has 1 aliphatic heterocycles. The van der Waals surface area contributed by atoms with Crippen molar-refractivity contribution in [3.63, 3.8) is 0 Å². The quantitative estimate of drug-likeness (QED) is 0.445. The number of nitrogens with one attached hydrogen (secondary N) is 2. The van der Waals surface area contributed by atoms with Crippen molar-refractivity contribution in [2.24, 2.45) is 4.99 Å². The summed E-state index contributed by atoms with van der Waals surface area (Å²) in [4.78, 5) is 11.3. The van der Waals surface area contributed by atoms with Crippen molar-refractivity contribution in [3.8, 4) is 11.4 Å². The normalized spacial score (nSPS) is 16.0. The first-order valence-electron chi connectivity index (χ1n) is 9.99. The van der Waals surface area contributed by atoms with Crippen molar-refractivity contribution in [1.29, 1.82) is 0 Å². The van der Waals surface area contributed by atoms with E-state index in [-0.39, 0.29) is 0 Å². The molecule has 2 N–H and O–H groups in total. The molecular formula is C21H25ClN6OS. The molecule has 30 heavy (non-hydrogen) atoms. The Morgan fingerprint density at radius 3 is 2.77 bits per heavy atom. The van der Waals surface area contributed by atoms with Crippen LogP contribution in [0.2, 0.25) is 5.02 Å². The molecule has 3 heterocycles. The molecule has 7 nitrogen and oxygen atoms in total. The molecule has 0 radical (unpaired) electrons. The predicted molar refractivity (Wildman–Crippen MR) is 121 cm³/mol. The Hall–Kier alpha value is -2.42. The summed E-state index contributed by atoms with van der Waals surface area (Å²) >= 11 is 7.69. The lowest BCUT2D eigenvalue weighted by atomic mass is 10.0. The molecule has 0 unspecified atom stereocenters. The number of aliphatic imine (C=N–C) groups is 1. The highest BCUT2D eigenvalue weighted by Crippen LogP contribution is 2.19. The Morgan fingerprint density at radius 1 is 1.27 bits per heavy atom. The molecule has 9 heteroatoms. The second kappa shape index (κ2) is 10.1. The van der Waals surface area contributed by atoms with Gasteiger partial charge in [-0.3, -0.25) is 9.89 Å². The maximum atomic E-state index is 5.93. The lowest BCUT2D eigenvalue weighted by Crippen LogP contribution is -2.48. The summed E-state index contributed by atoms with van der Waals surface area (Å²) in [7, 11) is 1.77. The highest BCUT2D eigenvalue weighted by Gasteiger charge is 2.20. The van der Waals surface area contributed by atoms with E-state index >= 15 is 0 Å². The zero-order chi connectivity index (χ0) is 20.8. The number of piperidine rings is 1. The van der Waals surface area contributed by atoms with E-state index in [1.54, 1.807) is 18.4 Å². The number of aromatic nitrogens is 2. The van der Waals surface area contributed by atoms with E-state index in [1.807, 2.05) is 24.3 Å². The van der Waals surface area contributed by atoms with E-state index in [2.05, 4.69) is 47.5 Å². The smallest absolute Gasteiger partial charge is 0.246 e. The van der Waals surface area contributed by atoms with Gasteiger partial charge < -0.3 is 15.2 Å². The Morgan fingerprint density at radius 2 is 2.07 bits per heavy atom. The van der Waals surface area contributed by atoms with Crippen LogP contribution >= 0.6 is 22.9 Å². The molecule has 0 saturated carbocycles. The lowest BCUT2D eigenvalue weighted by Gasteiger charge is -2.32. The number of guanidine groups is 1. The summed E-state index contributed by atoms with van der Waals surface area (Å²) in [6.07, 6.45) is 2.18. The molecule has 1 aromatic carbocycles. The molecule has 0 aliphatic carbocycles. The van der Waals surface area contributed by atoms with Gasteiger partial charge >= 0.3 is 0 Å². The van der Waals surface area contributed by atoms with E-state index in [1.165, 1.54) is 5.56 Å². The van der Waals surface area contributed by atoms with Crippen molar-refractivity contribution in [2.75, 3.05) is 20.1 Å². The molecule has 1 saturated heterocycles. The largest absolute Gasteiger partial charge is 0.354 e. The van der Waals surface area contributed by atoms with Crippen molar-refractivity contribution in [2.45, 2.75) is 32.0 Å². The van der Waals surface area contributed by atoms with Gasteiger partial charge in [-0.05, 0) is 59.5 Å². The van der Waals surface area contributed by atoms with Crippen LogP contribution in [0.4, 0.5) is 0 Å². The van der Waals surface area contributed by atoms with Crippen LogP contribution in [0.25, 0.3) is 11.4 Å². The molecule has 158 valence electrons. The third-order valence-corrected chi connectivity index (χ3v) is 6.10. The van der Waals surface area contributed by atoms with Crippen LogP contribution in [-0.4, -0.2) is 47.2 Å². The number of hydrogen-bond donors (Lipinski definition) is 2. The van der Waals surface area contributed by atoms with Gasteiger partial charge in [0.1, 0.15) is 0 Å². The van der Waals surface area contributed by atoms with Crippen molar-refractivity contribution >= 4 is 28.9 Å². The minimum absolute atomic E-state index is 0.405. The number of halogens is 1. The Labute approximate surface area is 185 Å². The maximum absolute atomic E-state index is 5.93. The number of hydrogen-bond acceptors (Lipinski definition) is 6. The average molecular weight is 445 g/mol. The van der Waals surface area contributed by atoms with E-state index in [0.29, 0.717) is 29.3 Å². The summed E-state index contributed by atoms with van der Waals surface area (Å²) in [5, 5.41) is 15.9. The Balaban J connectivity index is 1.23. The number of benzene rings is 1. The zero-order valence-electron chi connectivity index (χ0n) is 16.8. The van der Waals surface area contributed by atoms with Gasteiger partial charge in [0.05, 0.1) is 6.54 Å². The highest BCUT2D eigenvalue weighted by molar-refractivity contribution is 7.07. The molecule has 1 fully saturated rings. The van der Waals surface area contributed by atoms with E-state index in [0.717, 1.165) is 44.0 Å². The summed E-state index contributed by atoms with van der Waals surface area (Å²) in [5.74, 6) is 1.80. The van der Waals surface area contributed by atoms with Gasteiger partial charge in [0.15, 0.2) is 5.96 Å². The molecule has 0 atom stereocenters. The number of likely N-dealkylation sites (tertiary alicyclic amines) is 1. The standard InChI is InChI=1S/C21H25ClN6OS/c1-23-21(25-18-6-9-28(10-7-18)13-15-8-11-30-14-15)24-12-19-26-20(27-29-19)16-2-4-17(22)5-3-16/h2-5,8,11,14,18H,6-7,9-10,12-13H2,1H3,(H2,23,24,25). The number of rotatable bonds is 6. The van der Waals surface area contributed by atoms with Gasteiger partial charge in [0.2, 0.25) is 11.7 Å². The van der Waals surface area contributed by atoms with Crippen molar-refractivity contribution in [3.05, 3.63) is 57.6 Å². The van der Waals surface area contributed by atoms with Crippen LogP contribution in [0.3, 0.4) is 0 Å². The summed E-state index contributed by atoms with van der Waals surface area (Å²) < 4.78 is 5.35. The van der Waals surface area contributed by atoms with E-state index < -0.39 is 0 Å². The number of nitrogens with zero attached hydrogens (tertiary/aromatic N) is 4. The average Bonchev–Trinajstić information content (AvgIpc) is 3.45. The van der Waals surface area contributed by atoms with Gasteiger partial charge in [-0.2, -0.15) is 16.3 Å². The van der Waals surface area contributed by atoms with Gasteiger partial charge in [0, 0.05) is 43.3 Å². The molecule has 4 rings (SSSR count). The van der Waals surface area contributed by atoms with E-state index in [9.17, 15) is 0 Å². The number of thiophene rings is 1. The van der Waals surface area contributed by atoms with Gasteiger partial charge in [-0.15, -0.1) is 0 Å². The van der Waals surface area contributed by atoms with Crippen LogP contribution < -0.4 is 10.6 Å². The monoisotopic (exact) mass is 444 g/mol. The van der Waals surface area contributed by atoms with Crippen LogP contribution in [0, 0.1) is 0 Å². The third-order valence-electron chi connectivity index (χ3n) is 5.12. The SMILES string of the molecule is CN=C(NCc1nc(-c2ccc(Cl)cc2)no1)NC1CCN(Cc2ccsc2)CC1. The third kappa shape index (κ3) is 5.59. The fraction of sp³-hybridized carbons (Fsp3) is 0.381.